The molecule has 0 saturated carbocycles. The van der Waals surface area contributed by atoms with Gasteiger partial charge in [-0.1, -0.05) is 54.4 Å². The molecule has 0 bridgehead atoms. The first-order valence-corrected chi connectivity index (χ1v) is 8.45. The van der Waals surface area contributed by atoms with E-state index >= 15 is 0 Å². The van der Waals surface area contributed by atoms with Gasteiger partial charge >= 0.3 is 0 Å². The molecule has 0 aliphatic heterocycles. The van der Waals surface area contributed by atoms with E-state index in [0.29, 0.717) is 23.3 Å². The fraction of sp³-hybridized carbons (Fsp3) is 0.222. The van der Waals surface area contributed by atoms with Crippen LogP contribution in [0.25, 0.3) is 11.5 Å². The Morgan fingerprint density at radius 3 is 2.58 bits per heavy atom. The van der Waals surface area contributed by atoms with Crippen molar-refractivity contribution in [3.63, 3.8) is 0 Å². The third-order valence-electron chi connectivity index (χ3n) is 3.67. The van der Waals surface area contributed by atoms with E-state index in [4.69, 9.17) is 27.6 Å². The molecule has 124 valence electrons. The van der Waals surface area contributed by atoms with Gasteiger partial charge in [-0.3, -0.25) is 4.90 Å². The van der Waals surface area contributed by atoms with Gasteiger partial charge in [-0.05, 0) is 36.4 Å². The molecular formula is C18H17Cl2N3O. The number of hydrogen-bond donors (Lipinski definition) is 0. The van der Waals surface area contributed by atoms with E-state index in [1.54, 1.807) is 6.07 Å². The van der Waals surface area contributed by atoms with Crippen molar-refractivity contribution in [2.75, 3.05) is 6.54 Å². The number of benzene rings is 2. The van der Waals surface area contributed by atoms with E-state index in [1.165, 1.54) is 0 Å². The minimum atomic E-state index is 0.439. The Kier molecular flexibility index (Phi) is 5.51. The monoisotopic (exact) mass is 361 g/mol. The minimum absolute atomic E-state index is 0.439. The average Bonchev–Trinajstić information content (AvgIpc) is 3.03. The van der Waals surface area contributed by atoms with Gasteiger partial charge in [0, 0.05) is 11.6 Å². The zero-order chi connectivity index (χ0) is 16.9. The molecular weight excluding hydrogens is 345 g/mol. The lowest BCUT2D eigenvalue weighted by Gasteiger charge is -2.18. The van der Waals surface area contributed by atoms with Gasteiger partial charge < -0.3 is 4.42 Å². The summed E-state index contributed by atoms with van der Waals surface area (Å²) in [5.74, 6) is 1.00. The number of aromatic nitrogens is 2. The third-order valence-corrected chi connectivity index (χ3v) is 4.24. The van der Waals surface area contributed by atoms with Gasteiger partial charge in [-0.15, -0.1) is 10.2 Å². The van der Waals surface area contributed by atoms with Crippen molar-refractivity contribution >= 4 is 23.2 Å². The maximum Gasteiger partial charge on any atom is 0.249 e. The summed E-state index contributed by atoms with van der Waals surface area (Å²) >= 11 is 12.2. The first kappa shape index (κ1) is 17.0. The van der Waals surface area contributed by atoms with E-state index in [-0.39, 0.29) is 0 Å². The lowest BCUT2D eigenvalue weighted by Crippen LogP contribution is -2.22. The molecule has 0 atom stereocenters. The number of nitrogens with zero attached hydrogens (tertiary/aromatic N) is 3. The molecule has 1 aromatic heterocycles. The maximum absolute atomic E-state index is 6.17. The van der Waals surface area contributed by atoms with Crippen molar-refractivity contribution < 1.29 is 4.42 Å². The zero-order valence-corrected chi connectivity index (χ0v) is 14.8. The topological polar surface area (TPSA) is 42.2 Å². The summed E-state index contributed by atoms with van der Waals surface area (Å²) in [6.45, 7) is 4.29. The molecule has 24 heavy (non-hydrogen) atoms. The minimum Gasteiger partial charge on any atom is -0.419 e. The second-order valence-electron chi connectivity index (χ2n) is 5.41. The Bertz CT molecular complexity index is 819. The van der Waals surface area contributed by atoms with Crippen LogP contribution in [0.4, 0.5) is 0 Å². The fourth-order valence-electron chi connectivity index (χ4n) is 2.43. The lowest BCUT2D eigenvalue weighted by atomic mass is 10.2. The molecule has 1 heterocycles. The van der Waals surface area contributed by atoms with Crippen LogP contribution in [0, 0.1) is 0 Å². The van der Waals surface area contributed by atoms with Crippen molar-refractivity contribution in [2.24, 2.45) is 0 Å². The first-order valence-electron chi connectivity index (χ1n) is 7.70. The summed E-state index contributed by atoms with van der Waals surface area (Å²) in [6, 6.07) is 15.3. The number of rotatable bonds is 6. The van der Waals surface area contributed by atoms with E-state index < -0.39 is 0 Å². The van der Waals surface area contributed by atoms with Crippen molar-refractivity contribution in [2.45, 2.75) is 20.0 Å². The van der Waals surface area contributed by atoms with Gasteiger partial charge in [-0.25, -0.2) is 0 Å². The van der Waals surface area contributed by atoms with Crippen LogP contribution < -0.4 is 0 Å². The Balaban J connectivity index is 1.72. The van der Waals surface area contributed by atoms with Gasteiger partial charge in [0.2, 0.25) is 11.8 Å². The van der Waals surface area contributed by atoms with Crippen LogP contribution in [-0.2, 0) is 13.1 Å². The molecule has 2 aromatic carbocycles. The standard InChI is InChI=1S/C18H17Cl2N3O/c1-2-23(11-13-6-5-7-14(19)10-13)12-17-21-22-18(24-17)15-8-3-4-9-16(15)20/h3-10H,2,11-12H2,1H3. The molecule has 6 heteroatoms. The second kappa shape index (κ2) is 7.79. The van der Waals surface area contributed by atoms with Crippen LogP contribution in [0.1, 0.15) is 18.4 Å². The highest BCUT2D eigenvalue weighted by Crippen LogP contribution is 2.26. The summed E-state index contributed by atoms with van der Waals surface area (Å²) in [7, 11) is 0. The molecule has 0 aliphatic rings. The van der Waals surface area contributed by atoms with Crippen molar-refractivity contribution in [3.05, 3.63) is 70.0 Å². The maximum atomic E-state index is 6.17. The van der Waals surface area contributed by atoms with Crippen LogP contribution in [0.3, 0.4) is 0 Å². The molecule has 0 aliphatic carbocycles. The molecule has 3 aromatic rings. The smallest absolute Gasteiger partial charge is 0.249 e. The molecule has 0 fully saturated rings. The summed E-state index contributed by atoms with van der Waals surface area (Å²) in [4.78, 5) is 2.20. The highest BCUT2D eigenvalue weighted by atomic mass is 35.5. The predicted octanol–water partition coefficient (Wildman–Crippen LogP) is 5.07. The molecule has 0 spiro atoms. The number of halogens is 2. The fourth-order valence-corrected chi connectivity index (χ4v) is 2.85. The largest absolute Gasteiger partial charge is 0.419 e. The predicted molar refractivity (Wildman–Crippen MR) is 96.0 cm³/mol. The molecule has 0 radical (unpaired) electrons. The van der Waals surface area contributed by atoms with E-state index in [9.17, 15) is 0 Å². The quantitative estimate of drug-likeness (QED) is 0.614. The van der Waals surface area contributed by atoms with Gasteiger partial charge in [0.15, 0.2) is 0 Å². The number of hydrogen-bond acceptors (Lipinski definition) is 4. The van der Waals surface area contributed by atoms with Crippen LogP contribution in [0.2, 0.25) is 10.0 Å². The molecule has 3 rings (SSSR count). The highest BCUT2D eigenvalue weighted by molar-refractivity contribution is 6.33. The normalized spacial score (nSPS) is 11.2. The van der Waals surface area contributed by atoms with Gasteiger partial charge in [0.05, 0.1) is 17.1 Å². The average molecular weight is 362 g/mol. The molecule has 4 nitrogen and oxygen atoms in total. The van der Waals surface area contributed by atoms with Gasteiger partial charge in [0.1, 0.15) is 0 Å². The zero-order valence-electron chi connectivity index (χ0n) is 13.2. The van der Waals surface area contributed by atoms with Crippen molar-refractivity contribution in [1.29, 1.82) is 0 Å². The lowest BCUT2D eigenvalue weighted by molar-refractivity contribution is 0.243. The van der Waals surface area contributed by atoms with Crippen LogP contribution in [0.15, 0.2) is 52.9 Å². The molecule has 0 saturated heterocycles. The van der Waals surface area contributed by atoms with Gasteiger partial charge in [0.25, 0.3) is 0 Å². The molecule has 0 N–H and O–H groups in total. The third kappa shape index (κ3) is 4.15. The highest BCUT2D eigenvalue weighted by Gasteiger charge is 2.14. The Morgan fingerprint density at radius 2 is 1.83 bits per heavy atom. The molecule has 0 unspecified atom stereocenters. The molecule has 0 amide bonds. The van der Waals surface area contributed by atoms with Crippen LogP contribution >= 0.6 is 23.2 Å². The van der Waals surface area contributed by atoms with Crippen molar-refractivity contribution in [3.8, 4) is 11.5 Å². The van der Waals surface area contributed by atoms with Crippen molar-refractivity contribution in [1.82, 2.24) is 15.1 Å². The van der Waals surface area contributed by atoms with Gasteiger partial charge in [-0.2, -0.15) is 0 Å². The summed E-state index contributed by atoms with van der Waals surface area (Å²) < 4.78 is 5.77. The Morgan fingerprint density at radius 1 is 1.00 bits per heavy atom. The first-order chi connectivity index (χ1) is 11.7. The summed E-state index contributed by atoms with van der Waals surface area (Å²) in [6.07, 6.45) is 0. The SMILES string of the molecule is CCN(Cc1cccc(Cl)c1)Cc1nnc(-c2ccccc2Cl)o1. The van der Waals surface area contributed by atoms with E-state index in [1.807, 2.05) is 36.4 Å². The summed E-state index contributed by atoms with van der Waals surface area (Å²) in [5, 5.41) is 9.58. The van der Waals surface area contributed by atoms with Crippen LogP contribution in [0.5, 0.6) is 0 Å². The second-order valence-corrected chi connectivity index (χ2v) is 6.26. The van der Waals surface area contributed by atoms with E-state index in [2.05, 4.69) is 28.1 Å². The Labute approximate surface area is 151 Å². The van der Waals surface area contributed by atoms with E-state index in [0.717, 1.165) is 29.2 Å². The van der Waals surface area contributed by atoms with Crippen LogP contribution in [-0.4, -0.2) is 21.6 Å². The summed E-state index contributed by atoms with van der Waals surface area (Å²) in [5.41, 5.74) is 1.89. The Hall–Kier alpha value is -1.88.